The Balaban J connectivity index is 2.11. The molecule has 0 spiro atoms. The van der Waals surface area contributed by atoms with Gasteiger partial charge in [0.2, 0.25) is 16.0 Å². The monoisotopic (exact) mass is 537 g/mol. The Hall–Kier alpha value is -3.81. The van der Waals surface area contributed by atoms with Crippen LogP contribution in [0.25, 0.3) is 22.5 Å². The minimum atomic E-state index is -3.94. The molecule has 0 fully saturated rings. The summed E-state index contributed by atoms with van der Waals surface area (Å²) in [5, 5.41) is 10.1. The van der Waals surface area contributed by atoms with Gasteiger partial charge in [-0.1, -0.05) is 0 Å². The molecular weight excluding hydrogens is 508 g/mol. The van der Waals surface area contributed by atoms with Gasteiger partial charge in [-0.2, -0.15) is 5.10 Å². The maximum Gasteiger partial charge on any atom is 0.408 e. The summed E-state index contributed by atoms with van der Waals surface area (Å²) in [6, 6.07) is 3.63. The quantitative estimate of drug-likeness (QED) is 0.346. The van der Waals surface area contributed by atoms with Gasteiger partial charge in [0.1, 0.15) is 22.9 Å². The highest BCUT2D eigenvalue weighted by molar-refractivity contribution is 7.92. The fraction of sp³-hybridized carbons (Fsp3) is 0.391. The Morgan fingerprint density at radius 1 is 1.19 bits per heavy atom. The Labute approximate surface area is 213 Å². The van der Waals surface area contributed by atoms with Crippen molar-refractivity contribution >= 4 is 27.8 Å². The third kappa shape index (κ3) is 6.50. The molecule has 1 amide bonds. The van der Waals surface area contributed by atoms with E-state index in [0.29, 0.717) is 11.3 Å². The highest BCUT2D eigenvalue weighted by atomic mass is 32.2. The van der Waals surface area contributed by atoms with Crippen molar-refractivity contribution in [1.29, 1.82) is 0 Å². The van der Waals surface area contributed by atoms with Crippen LogP contribution in [0.5, 0.6) is 0 Å². The third-order valence-electron chi connectivity index (χ3n) is 5.20. The second-order valence-corrected chi connectivity index (χ2v) is 10.9. The molecule has 0 atom stereocenters. The number of alkyl carbamates (subject to hydrolysis) is 1. The van der Waals surface area contributed by atoms with Gasteiger partial charge in [-0.05, 0) is 52.8 Å². The SMILES string of the molecule is CCS(=O)(=O)Nc1c(F)ccc(-c2nn(C(C)C)cc2-c2ccnc(NC(C)(C)NC(=O)OC)n2)c1F. The second kappa shape index (κ2) is 10.7. The van der Waals surface area contributed by atoms with E-state index in [1.807, 2.05) is 18.6 Å². The number of carbonyl (C=O) groups is 1. The summed E-state index contributed by atoms with van der Waals surface area (Å²) in [7, 11) is -2.70. The minimum Gasteiger partial charge on any atom is -0.453 e. The smallest absolute Gasteiger partial charge is 0.408 e. The van der Waals surface area contributed by atoms with Crippen molar-refractivity contribution in [2.45, 2.75) is 46.3 Å². The maximum atomic E-state index is 15.5. The Morgan fingerprint density at radius 3 is 2.51 bits per heavy atom. The number of methoxy groups -OCH3 is 1. The Kier molecular flexibility index (Phi) is 8.00. The highest BCUT2D eigenvalue weighted by Gasteiger charge is 2.25. The zero-order chi connectivity index (χ0) is 27.5. The lowest BCUT2D eigenvalue weighted by Gasteiger charge is -2.26. The molecular formula is C23H29F2N7O4S. The average molecular weight is 538 g/mol. The minimum absolute atomic E-state index is 0.114. The molecule has 2 aromatic heterocycles. The van der Waals surface area contributed by atoms with Gasteiger partial charge in [-0.25, -0.2) is 32.0 Å². The van der Waals surface area contributed by atoms with E-state index in [9.17, 15) is 17.6 Å². The van der Waals surface area contributed by atoms with Crippen LogP contribution in [0.2, 0.25) is 0 Å². The number of nitrogens with one attached hydrogen (secondary N) is 3. The van der Waals surface area contributed by atoms with E-state index >= 15 is 4.39 Å². The zero-order valence-electron chi connectivity index (χ0n) is 21.3. The van der Waals surface area contributed by atoms with Crippen molar-refractivity contribution in [2.75, 3.05) is 22.9 Å². The lowest BCUT2D eigenvalue weighted by molar-refractivity contribution is 0.162. The first-order valence-corrected chi connectivity index (χ1v) is 13.0. The molecule has 200 valence electrons. The highest BCUT2D eigenvalue weighted by Crippen LogP contribution is 2.36. The molecule has 0 aliphatic rings. The van der Waals surface area contributed by atoms with E-state index in [2.05, 4.69) is 30.4 Å². The number of carbonyl (C=O) groups excluding carboxylic acids is 1. The topological polar surface area (TPSA) is 140 Å². The van der Waals surface area contributed by atoms with Gasteiger partial charge in [0.05, 0.1) is 18.6 Å². The van der Waals surface area contributed by atoms with Crippen LogP contribution in [0, 0.1) is 11.6 Å². The fourth-order valence-corrected chi connectivity index (χ4v) is 3.93. The van der Waals surface area contributed by atoms with Gasteiger partial charge in [-0.15, -0.1) is 0 Å². The number of hydrogen-bond acceptors (Lipinski definition) is 8. The number of sulfonamides is 1. The van der Waals surface area contributed by atoms with Gasteiger partial charge in [0.15, 0.2) is 5.82 Å². The molecule has 3 N–H and O–H groups in total. The number of aromatic nitrogens is 4. The largest absolute Gasteiger partial charge is 0.453 e. The number of rotatable bonds is 9. The van der Waals surface area contributed by atoms with Crippen molar-refractivity contribution in [3.63, 3.8) is 0 Å². The summed E-state index contributed by atoms with van der Waals surface area (Å²) in [6.45, 7) is 8.45. The number of hydrogen-bond donors (Lipinski definition) is 3. The molecule has 0 unspecified atom stereocenters. The fourth-order valence-electron chi connectivity index (χ4n) is 3.29. The summed E-state index contributed by atoms with van der Waals surface area (Å²) in [5.74, 6) is -2.38. The molecule has 3 aromatic rings. The number of anilines is 2. The number of nitrogens with zero attached hydrogens (tertiary/aromatic N) is 4. The molecule has 0 bridgehead atoms. The van der Waals surface area contributed by atoms with Crippen LogP contribution in [0.3, 0.4) is 0 Å². The standard InChI is InChI=1S/C23H29F2N7O4S/c1-7-37(34,35)31-20-16(24)9-8-14(18(20)25)19-15(12-32(30-19)13(2)3)17-10-11-26-21(27-17)28-23(4,5)29-22(33)36-6/h8-13,31H,7H2,1-6H3,(H,29,33)(H,26,27,28). The first-order valence-electron chi connectivity index (χ1n) is 11.3. The van der Waals surface area contributed by atoms with Crippen LogP contribution in [0.15, 0.2) is 30.6 Å². The molecule has 3 rings (SSSR count). The summed E-state index contributed by atoms with van der Waals surface area (Å²) >= 11 is 0. The van der Waals surface area contributed by atoms with Gasteiger partial charge in [-0.3, -0.25) is 14.7 Å². The van der Waals surface area contributed by atoms with Crippen molar-refractivity contribution in [3.8, 4) is 22.5 Å². The van der Waals surface area contributed by atoms with Crippen molar-refractivity contribution in [1.82, 2.24) is 25.1 Å². The zero-order valence-corrected chi connectivity index (χ0v) is 22.1. The molecule has 0 aliphatic carbocycles. The van der Waals surface area contributed by atoms with Gasteiger partial charge >= 0.3 is 6.09 Å². The number of benzene rings is 1. The second-order valence-electron chi connectivity index (χ2n) is 8.89. The molecule has 14 heteroatoms. The van der Waals surface area contributed by atoms with Crippen molar-refractivity contribution < 1.29 is 26.7 Å². The number of halogens is 2. The van der Waals surface area contributed by atoms with E-state index in [0.717, 1.165) is 6.07 Å². The van der Waals surface area contributed by atoms with Crippen LogP contribution >= 0.6 is 0 Å². The first-order chi connectivity index (χ1) is 17.3. The third-order valence-corrected chi connectivity index (χ3v) is 6.48. The van der Waals surface area contributed by atoms with E-state index < -0.39 is 39.1 Å². The van der Waals surface area contributed by atoms with Crippen LogP contribution in [-0.2, 0) is 14.8 Å². The van der Waals surface area contributed by atoms with Gasteiger partial charge in [0, 0.05) is 29.6 Å². The van der Waals surface area contributed by atoms with Crippen LogP contribution < -0.4 is 15.4 Å². The Bertz CT molecular complexity index is 1410. The van der Waals surface area contributed by atoms with E-state index in [4.69, 9.17) is 0 Å². The van der Waals surface area contributed by atoms with E-state index in [-0.39, 0.29) is 29.0 Å². The lowest BCUT2D eigenvalue weighted by Crippen LogP contribution is -2.49. The number of amides is 1. The predicted octanol–water partition coefficient (Wildman–Crippen LogP) is 4.13. The molecule has 0 radical (unpaired) electrons. The summed E-state index contributed by atoms with van der Waals surface area (Å²) < 4.78 is 62.2. The van der Waals surface area contributed by atoms with Crippen LogP contribution in [0.1, 0.15) is 40.7 Å². The summed E-state index contributed by atoms with van der Waals surface area (Å²) in [6.07, 6.45) is 2.47. The molecule has 1 aromatic carbocycles. The van der Waals surface area contributed by atoms with Gasteiger partial charge < -0.3 is 10.1 Å². The summed E-state index contributed by atoms with van der Waals surface area (Å²) in [4.78, 5) is 20.3. The molecule has 0 saturated carbocycles. The molecule has 11 nitrogen and oxygen atoms in total. The Morgan fingerprint density at radius 2 is 1.89 bits per heavy atom. The maximum absolute atomic E-state index is 15.5. The normalized spacial score (nSPS) is 11.9. The van der Waals surface area contributed by atoms with Crippen molar-refractivity contribution in [3.05, 3.63) is 42.2 Å². The molecule has 0 aliphatic heterocycles. The van der Waals surface area contributed by atoms with E-state index in [1.165, 1.54) is 26.3 Å². The number of ether oxygens (including phenoxy) is 1. The van der Waals surface area contributed by atoms with Gasteiger partial charge in [0.25, 0.3) is 0 Å². The van der Waals surface area contributed by atoms with Crippen LogP contribution in [-0.4, -0.2) is 52.8 Å². The molecule has 0 saturated heterocycles. The lowest BCUT2D eigenvalue weighted by atomic mass is 10.0. The predicted molar refractivity (Wildman–Crippen MR) is 135 cm³/mol. The van der Waals surface area contributed by atoms with Crippen LogP contribution in [0.4, 0.5) is 25.2 Å². The average Bonchev–Trinajstić information content (AvgIpc) is 3.27. The molecule has 37 heavy (non-hydrogen) atoms. The molecule has 2 heterocycles. The van der Waals surface area contributed by atoms with Crippen molar-refractivity contribution in [2.24, 2.45) is 0 Å². The first kappa shape index (κ1) is 27.8. The van der Waals surface area contributed by atoms with E-state index in [1.54, 1.807) is 30.8 Å². The summed E-state index contributed by atoms with van der Waals surface area (Å²) in [5.41, 5.74) is -1.01.